The third kappa shape index (κ3) is 2.64. The molecule has 1 aliphatic heterocycles. The van der Waals surface area contributed by atoms with Crippen LogP contribution in [0.4, 0.5) is 0 Å². The van der Waals surface area contributed by atoms with E-state index in [9.17, 15) is 4.79 Å². The van der Waals surface area contributed by atoms with E-state index >= 15 is 0 Å². The molecule has 2 nitrogen and oxygen atoms in total. The Kier molecular flexibility index (Phi) is 3.46. The molecule has 3 unspecified atom stereocenters. The van der Waals surface area contributed by atoms with Crippen LogP contribution in [0.3, 0.4) is 0 Å². The highest BCUT2D eigenvalue weighted by molar-refractivity contribution is 5.85. The second-order valence-electron chi connectivity index (χ2n) is 5.52. The van der Waals surface area contributed by atoms with Crippen LogP contribution < -0.4 is 0 Å². The van der Waals surface area contributed by atoms with Gasteiger partial charge in [0, 0.05) is 18.9 Å². The number of hydrogen-bond donors (Lipinski definition) is 0. The summed E-state index contributed by atoms with van der Waals surface area (Å²) in [5.74, 6) is 1.15. The average Bonchev–Trinajstić information content (AvgIpc) is 3.21. The summed E-state index contributed by atoms with van der Waals surface area (Å²) in [6, 6.07) is 10.4. The molecule has 3 rings (SSSR count). The van der Waals surface area contributed by atoms with Crippen LogP contribution in [0, 0.1) is 5.92 Å². The number of ketones is 1. The molecule has 0 spiro atoms. The topological polar surface area (TPSA) is 26.3 Å². The van der Waals surface area contributed by atoms with Gasteiger partial charge < -0.3 is 4.74 Å². The minimum Gasteiger partial charge on any atom is -0.378 e. The molecule has 0 aromatic heterocycles. The molecule has 0 amide bonds. The zero-order valence-electron chi connectivity index (χ0n) is 10.7. The second-order valence-corrected chi connectivity index (χ2v) is 5.52. The number of rotatable bonds is 4. The van der Waals surface area contributed by atoms with Gasteiger partial charge in [-0.2, -0.15) is 0 Å². The van der Waals surface area contributed by atoms with Crippen LogP contribution in [0.5, 0.6) is 0 Å². The summed E-state index contributed by atoms with van der Waals surface area (Å²) >= 11 is 0. The van der Waals surface area contributed by atoms with Crippen molar-refractivity contribution >= 4 is 5.78 Å². The molecule has 1 aromatic rings. The van der Waals surface area contributed by atoms with Crippen molar-refractivity contribution < 1.29 is 9.53 Å². The lowest BCUT2D eigenvalue weighted by Gasteiger charge is -2.21. The van der Waals surface area contributed by atoms with Crippen molar-refractivity contribution in [2.24, 2.45) is 5.92 Å². The van der Waals surface area contributed by atoms with Crippen molar-refractivity contribution in [2.75, 3.05) is 6.61 Å². The third-order valence-electron chi connectivity index (χ3n) is 4.13. The molecule has 1 heterocycles. The number of carbonyl (C=O) groups excluding carboxylic acids is 1. The molecule has 0 N–H and O–H groups in total. The molecule has 3 atom stereocenters. The fourth-order valence-electron chi connectivity index (χ4n) is 2.96. The standard InChI is InChI=1S/C16H20O2/c17-16(10-13-8-4-5-9-18-13)15-11-14(15)12-6-2-1-3-7-12/h1-3,6-7,13-15H,4-5,8-11H2. The molecule has 0 radical (unpaired) electrons. The summed E-state index contributed by atoms with van der Waals surface area (Å²) in [5, 5.41) is 0. The van der Waals surface area contributed by atoms with Crippen LogP contribution in [0.15, 0.2) is 30.3 Å². The van der Waals surface area contributed by atoms with E-state index in [0.29, 0.717) is 18.1 Å². The second kappa shape index (κ2) is 5.23. The Morgan fingerprint density at radius 3 is 2.78 bits per heavy atom. The number of hydrogen-bond acceptors (Lipinski definition) is 2. The Hall–Kier alpha value is -1.15. The SMILES string of the molecule is O=C(CC1CCCCO1)C1CC1c1ccccc1. The lowest BCUT2D eigenvalue weighted by molar-refractivity contribution is -0.124. The smallest absolute Gasteiger partial charge is 0.139 e. The molecule has 2 aliphatic rings. The normalized spacial score (nSPS) is 31.0. The van der Waals surface area contributed by atoms with Crippen molar-refractivity contribution in [3.8, 4) is 0 Å². The van der Waals surface area contributed by atoms with Crippen molar-refractivity contribution in [3.05, 3.63) is 35.9 Å². The average molecular weight is 244 g/mol. The highest BCUT2D eigenvalue weighted by atomic mass is 16.5. The van der Waals surface area contributed by atoms with Crippen molar-refractivity contribution in [1.29, 1.82) is 0 Å². The Morgan fingerprint density at radius 1 is 1.22 bits per heavy atom. The van der Waals surface area contributed by atoms with Gasteiger partial charge in [-0.25, -0.2) is 0 Å². The molecule has 18 heavy (non-hydrogen) atoms. The minimum atomic E-state index is 0.197. The summed E-state index contributed by atoms with van der Waals surface area (Å²) in [6.45, 7) is 0.838. The van der Waals surface area contributed by atoms with Crippen LogP contribution in [0.2, 0.25) is 0 Å². The van der Waals surface area contributed by atoms with Crippen LogP contribution in [0.25, 0.3) is 0 Å². The van der Waals surface area contributed by atoms with E-state index in [2.05, 4.69) is 24.3 Å². The lowest BCUT2D eigenvalue weighted by Crippen LogP contribution is -2.23. The monoisotopic (exact) mass is 244 g/mol. The van der Waals surface area contributed by atoms with Crippen LogP contribution in [-0.4, -0.2) is 18.5 Å². The molecule has 96 valence electrons. The van der Waals surface area contributed by atoms with E-state index in [1.165, 1.54) is 12.0 Å². The number of benzene rings is 1. The van der Waals surface area contributed by atoms with Gasteiger partial charge in [-0.3, -0.25) is 4.79 Å². The Labute approximate surface area is 108 Å². The molecule has 1 aromatic carbocycles. The molecule has 1 aliphatic carbocycles. The largest absolute Gasteiger partial charge is 0.378 e. The van der Waals surface area contributed by atoms with Crippen molar-refractivity contribution in [2.45, 2.75) is 44.1 Å². The lowest BCUT2D eigenvalue weighted by atomic mass is 10.00. The van der Waals surface area contributed by atoms with Crippen LogP contribution in [0.1, 0.15) is 43.6 Å². The first-order valence-electron chi connectivity index (χ1n) is 7.04. The molecular formula is C16H20O2. The quantitative estimate of drug-likeness (QED) is 0.812. The van der Waals surface area contributed by atoms with Crippen molar-refractivity contribution in [3.63, 3.8) is 0 Å². The van der Waals surface area contributed by atoms with Crippen LogP contribution in [-0.2, 0) is 9.53 Å². The van der Waals surface area contributed by atoms with E-state index in [-0.39, 0.29) is 12.0 Å². The van der Waals surface area contributed by atoms with Gasteiger partial charge in [0.25, 0.3) is 0 Å². The molecular weight excluding hydrogens is 224 g/mol. The third-order valence-corrected chi connectivity index (χ3v) is 4.13. The van der Waals surface area contributed by atoms with E-state index < -0.39 is 0 Å². The first-order valence-corrected chi connectivity index (χ1v) is 7.04. The maximum Gasteiger partial charge on any atom is 0.139 e. The Morgan fingerprint density at radius 2 is 2.06 bits per heavy atom. The van der Waals surface area contributed by atoms with Gasteiger partial charge in [0.15, 0.2) is 0 Å². The van der Waals surface area contributed by atoms with Crippen LogP contribution >= 0.6 is 0 Å². The first kappa shape index (κ1) is 11.9. The molecule has 2 heteroatoms. The van der Waals surface area contributed by atoms with Crippen molar-refractivity contribution in [1.82, 2.24) is 0 Å². The zero-order valence-corrected chi connectivity index (χ0v) is 10.7. The summed E-state index contributed by atoms with van der Waals surface area (Å²) in [5.41, 5.74) is 1.32. The van der Waals surface area contributed by atoms with Gasteiger partial charge in [-0.15, -0.1) is 0 Å². The van der Waals surface area contributed by atoms with E-state index in [1.54, 1.807) is 0 Å². The molecule has 2 fully saturated rings. The maximum absolute atomic E-state index is 12.2. The molecule has 0 bridgehead atoms. The predicted molar refractivity (Wildman–Crippen MR) is 70.5 cm³/mol. The summed E-state index contributed by atoms with van der Waals surface area (Å²) in [6.07, 6.45) is 5.30. The van der Waals surface area contributed by atoms with Gasteiger partial charge in [0.05, 0.1) is 6.10 Å². The highest BCUT2D eigenvalue weighted by Crippen LogP contribution is 2.48. The summed E-state index contributed by atoms with van der Waals surface area (Å²) in [7, 11) is 0. The van der Waals surface area contributed by atoms with Gasteiger partial charge >= 0.3 is 0 Å². The van der Waals surface area contributed by atoms with Gasteiger partial charge in [-0.1, -0.05) is 30.3 Å². The maximum atomic E-state index is 12.2. The number of carbonyl (C=O) groups is 1. The predicted octanol–water partition coefficient (Wildman–Crippen LogP) is 3.32. The van der Waals surface area contributed by atoms with Gasteiger partial charge in [0.2, 0.25) is 0 Å². The van der Waals surface area contributed by atoms with E-state index in [0.717, 1.165) is 25.9 Å². The zero-order chi connectivity index (χ0) is 12.4. The summed E-state index contributed by atoms with van der Waals surface area (Å²) in [4.78, 5) is 12.2. The first-order chi connectivity index (χ1) is 8.84. The van der Waals surface area contributed by atoms with Gasteiger partial charge in [-0.05, 0) is 37.2 Å². The summed E-state index contributed by atoms with van der Waals surface area (Å²) < 4.78 is 5.65. The minimum absolute atomic E-state index is 0.197. The number of ether oxygens (including phenoxy) is 1. The molecule has 1 saturated heterocycles. The fraction of sp³-hybridized carbons (Fsp3) is 0.562. The molecule has 1 saturated carbocycles. The van der Waals surface area contributed by atoms with Gasteiger partial charge in [0.1, 0.15) is 5.78 Å². The Bertz CT molecular complexity index is 406. The highest BCUT2D eigenvalue weighted by Gasteiger charge is 2.43. The Balaban J connectivity index is 1.53. The van der Waals surface area contributed by atoms with E-state index in [1.807, 2.05) is 6.07 Å². The fourth-order valence-corrected chi connectivity index (χ4v) is 2.96. The number of Topliss-reactive ketones (excluding diaryl/α,β-unsaturated/α-hetero) is 1. The van der Waals surface area contributed by atoms with E-state index in [4.69, 9.17) is 4.74 Å².